The Kier molecular flexibility index (Phi) is 4.97. The van der Waals surface area contributed by atoms with E-state index in [4.69, 9.17) is 4.42 Å². The van der Waals surface area contributed by atoms with Crippen molar-refractivity contribution < 1.29 is 4.42 Å². The molecule has 1 heteroatoms. The summed E-state index contributed by atoms with van der Waals surface area (Å²) in [6, 6.07) is 54.1. The number of hydrogen-bond donors (Lipinski definition) is 0. The van der Waals surface area contributed by atoms with E-state index >= 15 is 0 Å². The van der Waals surface area contributed by atoms with Crippen molar-refractivity contribution in [2.24, 2.45) is 0 Å². The molecular weight excluding hydrogens is 581 g/mol. The molecule has 0 fully saturated rings. The lowest BCUT2D eigenvalue weighted by atomic mass is 9.80. The van der Waals surface area contributed by atoms with Crippen molar-refractivity contribution >= 4 is 65.0 Å². The zero-order chi connectivity index (χ0) is 31.7. The number of hydrogen-bond acceptors (Lipinski definition) is 1. The van der Waals surface area contributed by atoms with Gasteiger partial charge in [-0.15, -0.1) is 0 Å². The Morgan fingerprint density at radius 2 is 1.04 bits per heavy atom. The maximum Gasteiger partial charge on any atom is 0.136 e. The normalized spacial score (nSPS) is 13.8. The molecule has 1 aliphatic rings. The summed E-state index contributed by atoms with van der Waals surface area (Å²) in [5.74, 6) is 0. The van der Waals surface area contributed by atoms with Crippen molar-refractivity contribution in [3.8, 4) is 33.4 Å². The van der Waals surface area contributed by atoms with Crippen LogP contribution >= 0.6 is 0 Å². The fourth-order valence-electron chi connectivity index (χ4n) is 8.75. The third kappa shape index (κ3) is 3.46. The smallest absolute Gasteiger partial charge is 0.136 e. The molecule has 1 heterocycles. The topological polar surface area (TPSA) is 13.1 Å². The predicted molar refractivity (Wildman–Crippen MR) is 203 cm³/mol. The van der Waals surface area contributed by atoms with Crippen molar-refractivity contribution in [3.05, 3.63) is 157 Å². The zero-order valence-electron chi connectivity index (χ0n) is 26.8. The van der Waals surface area contributed by atoms with E-state index in [1.807, 2.05) is 12.1 Å². The highest BCUT2D eigenvalue weighted by Gasteiger charge is 2.36. The number of furan rings is 1. The van der Waals surface area contributed by atoms with Crippen LogP contribution in [0.25, 0.3) is 98.4 Å². The van der Waals surface area contributed by atoms with Crippen LogP contribution in [0.3, 0.4) is 0 Å². The summed E-state index contributed by atoms with van der Waals surface area (Å²) in [5.41, 5.74) is 12.1. The maximum atomic E-state index is 6.28. The fourth-order valence-corrected chi connectivity index (χ4v) is 8.75. The molecule has 10 aromatic rings. The third-order valence-electron chi connectivity index (χ3n) is 11.2. The molecule has 9 aromatic carbocycles. The summed E-state index contributed by atoms with van der Waals surface area (Å²) in [7, 11) is 0. The average molecular weight is 611 g/mol. The molecule has 0 atom stereocenters. The monoisotopic (exact) mass is 610 g/mol. The molecule has 1 aliphatic carbocycles. The minimum absolute atomic E-state index is 0.117. The highest BCUT2D eigenvalue weighted by molar-refractivity contribution is 6.23. The third-order valence-corrected chi connectivity index (χ3v) is 11.2. The van der Waals surface area contributed by atoms with Gasteiger partial charge in [-0.05, 0) is 136 Å². The molecule has 0 radical (unpaired) electrons. The Morgan fingerprint density at radius 1 is 0.375 bits per heavy atom. The predicted octanol–water partition coefficient (Wildman–Crippen LogP) is 13.3. The molecule has 0 saturated carbocycles. The van der Waals surface area contributed by atoms with Gasteiger partial charge in [0.25, 0.3) is 0 Å². The molecule has 1 nitrogen and oxygen atoms in total. The highest BCUT2D eigenvalue weighted by atomic mass is 16.3. The van der Waals surface area contributed by atoms with E-state index in [9.17, 15) is 0 Å². The van der Waals surface area contributed by atoms with Crippen molar-refractivity contribution in [1.82, 2.24) is 0 Å². The molecule has 11 rings (SSSR count). The Labute approximate surface area is 278 Å². The van der Waals surface area contributed by atoms with Crippen LogP contribution in [0.2, 0.25) is 0 Å². The van der Waals surface area contributed by atoms with Gasteiger partial charge < -0.3 is 4.42 Å². The minimum Gasteiger partial charge on any atom is -0.456 e. The van der Waals surface area contributed by atoms with Crippen molar-refractivity contribution in [1.29, 1.82) is 0 Å². The standard InChI is InChI=1S/C47H30O/c1-47(2)41-23-29(34-21-32-15-13-27-7-5-8-28-14-16-33(22-34)46(32)45(27)28)17-19-36(41)40-26-39-30(24-42(40)47)9-6-11-35(39)31-18-20-38-37-10-3-4-12-43(37)48-44(38)25-31/h3-26H,1-2H3. The van der Waals surface area contributed by atoms with Crippen LogP contribution in [0.1, 0.15) is 25.0 Å². The Hall–Kier alpha value is -5.92. The first-order valence-corrected chi connectivity index (χ1v) is 16.8. The van der Waals surface area contributed by atoms with E-state index in [1.54, 1.807) is 0 Å². The van der Waals surface area contributed by atoms with Crippen LogP contribution < -0.4 is 0 Å². The lowest BCUT2D eigenvalue weighted by molar-refractivity contribution is 0.661. The SMILES string of the molecule is CC1(C)c2cc(-c3cc4ccc5cccc6ccc(c3)c4c56)ccc2-c2cc3c(-c4ccc5c(c4)oc4ccccc45)cccc3cc21. The van der Waals surface area contributed by atoms with Crippen LogP contribution in [0.15, 0.2) is 150 Å². The second-order valence-corrected chi connectivity index (χ2v) is 14.1. The summed E-state index contributed by atoms with van der Waals surface area (Å²) in [6.07, 6.45) is 0. The van der Waals surface area contributed by atoms with Crippen molar-refractivity contribution in [2.45, 2.75) is 19.3 Å². The first kappa shape index (κ1) is 26.2. The van der Waals surface area contributed by atoms with Crippen LogP contribution in [0, 0.1) is 0 Å². The average Bonchev–Trinajstić information content (AvgIpc) is 3.60. The lowest BCUT2D eigenvalue weighted by Crippen LogP contribution is -2.15. The summed E-state index contributed by atoms with van der Waals surface area (Å²) >= 11 is 0. The lowest BCUT2D eigenvalue weighted by Gasteiger charge is -2.23. The molecule has 0 amide bonds. The van der Waals surface area contributed by atoms with Crippen LogP contribution in [0.4, 0.5) is 0 Å². The Bertz CT molecular complexity index is 2910. The summed E-state index contributed by atoms with van der Waals surface area (Å²) in [4.78, 5) is 0. The van der Waals surface area contributed by atoms with Gasteiger partial charge >= 0.3 is 0 Å². The quantitative estimate of drug-likeness (QED) is 0.178. The zero-order valence-corrected chi connectivity index (χ0v) is 26.8. The summed E-state index contributed by atoms with van der Waals surface area (Å²) < 4.78 is 6.28. The van der Waals surface area contributed by atoms with Crippen LogP contribution in [-0.4, -0.2) is 0 Å². The van der Waals surface area contributed by atoms with Gasteiger partial charge in [-0.2, -0.15) is 0 Å². The van der Waals surface area contributed by atoms with E-state index in [0.29, 0.717) is 0 Å². The number of rotatable bonds is 2. The van der Waals surface area contributed by atoms with Crippen molar-refractivity contribution in [2.75, 3.05) is 0 Å². The Balaban J connectivity index is 1.06. The second kappa shape index (κ2) is 9.12. The summed E-state index contributed by atoms with van der Waals surface area (Å²) in [5, 5.41) is 12.8. The van der Waals surface area contributed by atoms with Gasteiger partial charge in [0.15, 0.2) is 0 Å². The highest BCUT2D eigenvalue weighted by Crippen LogP contribution is 2.52. The van der Waals surface area contributed by atoms with Gasteiger partial charge in [-0.25, -0.2) is 0 Å². The number of fused-ring (bicyclic) bond motifs is 7. The van der Waals surface area contributed by atoms with Crippen LogP contribution in [-0.2, 0) is 5.41 Å². The number of para-hydroxylation sites is 1. The molecular formula is C47H30O. The van der Waals surface area contributed by atoms with Crippen molar-refractivity contribution in [3.63, 3.8) is 0 Å². The first-order chi connectivity index (χ1) is 23.5. The van der Waals surface area contributed by atoms with Gasteiger partial charge in [-0.1, -0.05) is 111 Å². The van der Waals surface area contributed by atoms with E-state index in [1.165, 1.54) is 87.6 Å². The van der Waals surface area contributed by atoms with Crippen LogP contribution in [0.5, 0.6) is 0 Å². The minimum atomic E-state index is -0.117. The van der Waals surface area contributed by atoms with E-state index in [0.717, 1.165) is 21.9 Å². The maximum absolute atomic E-state index is 6.28. The van der Waals surface area contributed by atoms with Gasteiger partial charge in [-0.3, -0.25) is 0 Å². The molecule has 224 valence electrons. The fraction of sp³-hybridized carbons (Fsp3) is 0.0638. The van der Waals surface area contributed by atoms with E-state index in [2.05, 4.69) is 147 Å². The molecule has 0 spiro atoms. The van der Waals surface area contributed by atoms with Gasteiger partial charge in [0.05, 0.1) is 0 Å². The van der Waals surface area contributed by atoms with E-state index in [-0.39, 0.29) is 5.41 Å². The molecule has 0 saturated heterocycles. The van der Waals surface area contributed by atoms with Gasteiger partial charge in [0.2, 0.25) is 0 Å². The molecule has 0 unspecified atom stereocenters. The van der Waals surface area contributed by atoms with Gasteiger partial charge in [0.1, 0.15) is 11.2 Å². The molecule has 48 heavy (non-hydrogen) atoms. The molecule has 0 bridgehead atoms. The van der Waals surface area contributed by atoms with E-state index < -0.39 is 0 Å². The number of benzene rings is 9. The van der Waals surface area contributed by atoms with Gasteiger partial charge in [0, 0.05) is 16.2 Å². The second-order valence-electron chi connectivity index (χ2n) is 14.1. The summed E-state index contributed by atoms with van der Waals surface area (Å²) in [6.45, 7) is 4.76. The Morgan fingerprint density at radius 3 is 1.88 bits per heavy atom. The molecule has 0 aliphatic heterocycles. The molecule has 0 N–H and O–H groups in total. The molecule has 1 aromatic heterocycles. The first-order valence-electron chi connectivity index (χ1n) is 16.8. The largest absolute Gasteiger partial charge is 0.456 e.